The molecular formula is C25H18N3Na3O14S4. The van der Waals surface area contributed by atoms with Crippen LogP contribution in [0.4, 0.5) is 17.1 Å². The van der Waals surface area contributed by atoms with Crippen molar-refractivity contribution in [1.82, 2.24) is 0 Å². The molecule has 0 saturated carbocycles. The smallest absolute Gasteiger partial charge is 0.744 e. The molecule has 4 rings (SSSR count). The van der Waals surface area contributed by atoms with Crippen molar-refractivity contribution in [2.45, 2.75) is 14.7 Å². The predicted octanol–water partition coefficient (Wildman–Crippen LogP) is -6.39. The summed E-state index contributed by atoms with van der Waals surface area (Å²) in [6.07, 6.45) is 0. The van der Waals surface area contributed by atoms with E-state index in [4.69, 9.17) is 4.18 Å². The Kier molecular flexibility index (Phi) is 18.5. The summed E-state index contributed by atoms with van der Waals surface area (Å²) in [5.74, 6) is -2.16. The number of carbonyl (C=O) groups excluding carboxylic acids is 1. The van der Waals surface area contributed by atoms with E-state index in [2.05, 4.69) is 24.9 Å². The van der Waals surface area contributed by atoms with Crippen molar-refractivity contribution in [3.63, 3.8) is 0 Å². The number of azo groups is 1. The molecule has 49 heavy (non-hydrogen) atoms. The van der Waals surface area contributed by atoms with E-state index in [0.29, 0.717) is 6.07 Å². The van der Waals surface area contributed by atoms with Gasteiger partial charge < -0.3 is 24.8 Å². The molecule has 0 heterocycles. The van der Waals surface area contributed by atoms with Gasteiger partial charge in [-0.15, -0.1) is 9.45 Å². The topological polar surface area (TPSA) is 273 Å². The second-order valence-corrected chi connectivity index (χ2v) is 14.3. The zero-order valence-electron chi connectivity index (χ0n) is 25.6. The monoisotopic (exact) mass is 781 g/mol. The number of phenols is 1. The van der Waals surface area contributed by atoms with Gasteiger partial charge in [-0.1, -0.05) is 12.1 Å². The van der Waals surface area contributed by atoms with Crippen LogP contribution in [0, 0.1) is 0 Å². The zero-order valence-corrected chi connectivity index (χ0v) is 34.9. The Morgan fingerprint density at radius 3 is 2.12 bits per heavy atom. The number of hydrogen-bond donors (Lipinski definition) is 2. The number of rotatable bonds is 13. The first-order valence-electron chi connectivity index (χ1n) is 12.2. The average Bonchev–Trinajstić information content (AvgIpc) is 2.99. The van der Waals surface area contributed by atoms with E-state index in [-0.39, 0.29) is 140 Å². The summed E-state index contributed by atoms with van der Waals surface area (Å²) < 4.78 is 103. The minimum Gasteiger partial charge on any atom is -0.744 e. The van der Waals surface area contributed by atoms with Gasteiger partial charge in [0.1, 0.15) is 25.9 Å². The van der Waals surface area contributed by atoms with Crippen molar-refractivity contribution in [1.29, 1.82) is 0 Å². The van der Waals surface area contributed by atoms with E-state index in [9.17, 15) is 49.5 Å². The summed E-state index contributed by atoms with van der Waals surface area (Å²) in [5.41, 5.74) is -0.151. The van der Waals surface area contributed by atoms with Gasteiger partial charge in [0.2, 0.25) is 0 Å². The van der Waals surface area contributed by atoms with Crippen LogP contribution >= 0.6 is 12.3 Å². The van der Waals surface area contributed by atoms with Gasteiger partial charge in [0.25, 0.3) is 5.91 Å². The Morgan fingerprint density at radius 2 is 1.51 bits per heavy atom. The van der Waals surface area contributed by atoms with E-state index < -0.39 is 63.0 Å². The number of benzene rings is 4. The molecule has 244 valence electrons. The third-order valence-electron chi connectivity index (χ3n) is 5.97. The standard InChI is InChI=1S/C25H21N3O14S4.3Na/c29-24-22(46(37,38)39)13-16-12-20(45(34,35)36)8-9-21(16)23(24)28-27-17-6-4-15(5-7-17)25(30)26-18-2-1-3-19(14-18)44(32,33)11-10-40-43-42-41-31;;;/h1-9,12-14,29,31H,10-11H2,(H,26,30)(H,34,35,36)(H,37,38,39);;;/q;3*+1/p-3. The number of sulfone groups is 1. The second-order valence-electron chi connectivity index (χ2n) is 8.94. The van der Waals surface area contributed by atoms with E-state index in [1.165, 1.54) is 48.5 Å². The maximum Gasteiger partial charge on any atom is 1.00 e. The second kappa shape index (κ2) is 19.7. The number of fused-ring (bicyclic) bond motifs is 1. The molecule has 0 unspecified atom stereocenters. The molecule has 17 nitrogen and oxygen atoms in total. The van der Waals surface area contributed by atoms with Crippen molar-refractivity contribution < 1.29 is 152 Å². The molecule has 0 aromatic heterocycles. The molecule has 4 aromatic rings. The molecule has 0 bridgehead atoms. The van der Waals surface area contributed by atoms with Crippen LogP contribution in [0.15, 0.2) is 97.7 Å². The zero-order chi connectivity index (χ0) is 33.7. The number of hydrogen-bond acceptors (Lipinski definition) is 17. The molecule has 2 N–H and O–H groups in total. The van der Waals surface area contributed by atoms with Gasteiger partial charge in [-0.05, 0) is 66.0 Å². The molecule has 0 saturated heterocycles. The molecule has 0 aliphatic rings. The largest absolute Gasteiger partial charge is 1.00 e. The van der Waals surface area contributed by atoms with Crippen molar-refractivity contribution in [2.75, 3.05) is 17.7 Å². The SMILES string of the molecule is O=C(Nc1cccc(S(=O)(=O)CCOSOO[O-])c1)c1ccc(N=Nc2c(O)c(S(=O)(=O)[O-])cc3cc(S(=O)(=O)[O-])ccc23)cc1.[Na+].[Na+].[Na+]. The van der Waals surface area contributed by atoms with Crippen LogP contribution in [0.2, 0.25) is 0 Å². The predicted molar refractivity (Wildman–Crippen MR) is 154 cm³/mol. The maximum absolute atomic E-state index is 12.8. The fourth-order valence-electron chi connectivity index (χ4n) is 3.86. The molecule has 0 aliphatic heterocycles. The molecule has 1 amide bonds. The number of anilines is 1. The van der Waals surface area contributed by atoms with Gasteiger partial charge in [-0.2, -0.15) is 5.11 Å². The van der Waals surface area contributed by atoms with Crippen LogP contribution in [0.5, 0.6) is 5.75 Å². The Morgan fingerprint density at radius 1 is 0.837 bits per heavy atom. The number of phenolic OH excluding ortho intramolecular Hbond substituents is 1. The summed E-state index contributed by atoms with van der Waals surface area (Å²) >= 11 is 0.163. The van der Waals surface area contributed by atoms with Crippen LogP contribution in [-0.2, 0) is 43.6 Å². The van der Waals surface area contributed by atoms with Crippen LogP contribution < -0.4 is 99.2 Å². The Hall–Kier alpha value is -1.03. The fourth-order valence-corrected chi connectivity index (χ4v) is 6.42. The Bertz CT molecular complexity index is 2160. The van der Waals surface area contributed by atoms with E-state index in [1.54, 1.807) is 0 Å². The molecule has 0 radical (unpaired) electrons. The Labute approximate surface area is 350 Å². The minimum atomic E-state index is -5.27. The van der Waals surface area contributed by atoms with E-state index >= 15 is 0 Å². The molecule has 4 aromatic carbocycles. The normalized spacial score (nSPS) is 11.7. The molecule has 0 aliphatic carbocycles. The van der Waals surface area contributed by atoms with Gasteiger partial charge in [0.05, 0.1) is 32.7 Å². The summed E-state index contributed by atoms with van der Waals surface area (Å²) in [7, 11) is -14.0. The number of carbonyl (C=O) groups is 1. The number of nitrogens with one attached hydrogen (secondary N) is 1. The van der Waals surface area contributed by atoms with Gasteiger partial charge in [-0.25, -0.2) is 25.3 Å². The minimum absolute atomic E-state index is 0. The number of amides is 1. The van der Waals surface area contributed by atoms with Crippen molar-refractivity contribution >= 4 is 76.1 Å². The van der Waals surface area contributed by atoms with Crippen molar-refractivity contribution in [2.24, 2.45) is 10.2 Å². The fraction of sp³-hybridized carbons (Fsp3) is 0.0800. The van der Waals surface area contributed by atoms with Gasteiger partial charge in [-0.3, -0.25) is 14.0 Å². The van der Waals surface area contributed by atoms with Crippen LogP contribution in [-0.4, -0.2) is 57.7 Å². The quantitative estimate of drug-likeness (QED) is 0.0243. The van der Waals surface area contributed by atoms with Crippen LogP contribution in [0.1, 0.15) is 10.4 Å². The van der Waals surface area contributed by atoms with Gasteiger partial charge in [0, 0.05) is 16.6 Å². The molecule has 24 heteroatoms. The van der Waals surface area contributed by atoms with E-state index in [1.807, 2.05) is 0 Å². The van der Waals surface area contributed by atoms with Crippen LogP contribution in [0.3, 0.4) is 0 Å². The molecule has 0 fully saturated rings. The maximum atomic E-state index is 12.8. The number of nitrogens with zero attached hydrogens (tertiary/aromatic N) is 2. The number of aromatic hydroxyl groups is 1. The first kappa shape index (κ1) is 46.0. The third kappa shape index (κ3) is 12.6. The summed E-state index contributed by atoms with van der Waals surface area (Å²) in [6.45, 7) is -0.331. The van der Waals surface area contributed by atoms with Gasteiger partial charge in [0.15, 0.2) is 27.9 Å². The first-order chi connectivity index (χ1) is 21.6. The Balaban J connectivity index is 0.00000400. The molecule has 0 spiro atoms. The van der Waals surface area contributed by atoms with Crippen LogP contribution in [0.25, 0.3) is 10.8 Å². The third-order valence-corrected chi connectivity index (χ3v) is 9.70. The van der Waals surface area contributed by atoms with E-state index in [0.717, 1.165) is 18.2 Å². The van der Waals surface area contributed by atoms with Gasteiger partial charge >= 0.3 is 88.7 Å². The summed E-state index contributed by atoms with van der Waals surface area (Å²) in [5, 5.41) is 33.3. The average molecular weight is 782 g/mol. The first-order valence-corrected chi connectivity index (χ1v) is 17.4. The van der Waals surface area contributed by atoms with Crippen molar-refractivity contribution in [3.05, 3.63) is 78.4 Å². The summed E-state index contributed by atoms with van der Waals surface area (Å²) in [6, 6.07) is 14.2. The van der Waals surface area contributed by atoms with Crippen molar-refractivity contribution in [3.8, 4) is 5.75 Å². The molecule has 0 atom stereocenters. The molecular weight excluding hydrogens is 764 g/mol. The summed E-state index contributed by atoms with van der Waals surface area (Å²) in [4.78, 5) is 10.8.